The van der Waals surface area contributed by atoms with Crippen molar-refractivity contribution >= 4 is 28.9 Å². The Labute approximate surface area is 249 Å². The lowest BCUT2D eigenvalue weighted by molar-refractivity contribution is 0.0226. The molecular formula is C31H37F2N5O5. The largest absolute Gasteiger partial charge is 0.486 e. The van der Waals surface area contributed by atoms with Crippen molar-refractivity contribution in [1.82, 2.24) is 19.8 Å². The van der Waals surface area contributed by atoms with Crippen LogP contribution in [0.1, 0.15) is 56.1 Å². The van der Waals surface area contributed by atoms with Gasteiger partial charge in [0.2, 0.25) is 0 Å². The third-order valence-corrected chi connectivity index (χ3v) is 7.57. The van der Waals surface area contributed by atoms with E-state index in [1.165, 1.54) is 6.07 Å². The molecule has 12 heteroatoms. The molecule has 1 aromatic heterocycles. The highest BCUT2D eigenvalue weighted by Crippen LogP contribution is 2.31. The Morgan fingerprint density at radius 2 is 1.84 bits per heavy atom. The van der Waals surface area contributed by atoms with Crippen LogP contribution in [-0.4, -0.2) is 89.9 Å². The first kappa shape index (κ1) is 30.4. The molecule has 2 aliphatic rings. The summed E-state index contributed by atoms with van der Waals surface area (Å²) in [7, 11) is 1.68. The number of halogens is 2. The van der Waals surface area contributed by atoms with E-state index in [2.05, 4.69) is 9.88 Å². The van der Waals surface area contributed by atoms with Gasteiger partial charge < -0.3 is 28.9 Å². The standard InChI is InChI=1S/C31H37F2N5O5/c1-19(42-22-6-7-24(32)25(33)16-22)23-14-20(15-26-28(23)35-27(17-34-26)37-10-12-41-13-11-37)29(39)38-9-8-21(18-38)36(5)30(40)43-31(2,3)4/h6-7,14-17,19,21H,8-13,18H2,1-5H3/t19?,21-/m0/s1. The van der Waals surface area contributed by atoms with Crippen LogP contribution in [0.5, 0.6) is 5.75 Å². The maximum Gasteiger partial charge on any atom is 0.410 e. The van der Waals surface area contributed by atoms with Gasteiger partial charge in [0, 0.05) is 50.4 Å². The van der Waals surface area contributed by atoms with E-state index in [0.29, 0.717) is 73.8 Å². The van der Waals surface area contributed by atoms with Gasteiger partial charge in [0.1, 0.15) is 23.3 Å². The molecule has 2 fully saturated rings. The third-order valence-electron chi connectivity index (χ3n) is 7.57. The number of hydrogen-bond donors (Lipinski definition) is 0. The number of benzene rings is 2. The second-order valence-electron chi connectivity index (χ2n) is 11.9. The van der Waals surface area contributed by atoms with Gasteiger partial charge in [0.25, 0.3) is 5.91 Å². The normalized spacial score (nSPS) is 18.1. The molecule has 0 spiro atoms. The number of carbonyl (C=O) groups is 2. The van der Waals surface area contributed by atoms with Crippen LogP contribution >= 0.6 is 0 Å². The van der Waals surface area contributed by atoms with Gasteiger partial charge in [0.15, 0.2) is 11.6 Å². The Kier molecular flexibility index (Phi) is 8.68. The molecule has 10 nitrogen and oxygen atoms in total. The van der Waals surface area contributed by atoms with Gasteiger partial charge in [-0.2, -0.15) is 0 Å². The van der Waals surface area contributed by atoms with Crippen molar-refractivity contribution in [3.05, 3.63) is 59.3 Å². The molecule has 5 rings (SSSR count). The van der Waals surface area contributed by atoms with E-state index < -0.39 is 29.4 Å². The zero-order valence-corrected chi connectivity index (χ0v) is 25.1. The predicted octanol–water partition coefficient (Wildman–Crippen LogP) is 4.97. The number of ether oxygens (including phenoxy) is 3. The minimum absolute atomic E-state index is 0.140. The van der Waals surface area contributed by atoms with Gasteiger partial charge >= 0.3 is 6.09 Å². The molecule has 0 N–H and O–H groups in total. The zero-order valence-electron chi connectivity index (χ0n) is 25.1. The van der Waals surface area contributed by atoms with Crippen LogP contribution in [-0.2, 0) is 9.47 Å². The smallest absolute Gasteiger partial charge is 0.410 e. The number of fused-ring (bicyclic) bond motifs is 1. The lowest BCUT2D eigenvalue weighted by Crippen LogP contribution is -2.42. The molecule has 0 radical (unpaired) electrons. The summed E-state index contributed by atoms with van der Waals surface area (Å²) in [5.41, 5.74) is 1.38. The van der Waals surface area contributed by atoms with Gasteiger partial charge in [-0.05, 0) is 58.4 Å². The van der Waals surface area contributed by atoms with Gasteiger partial charge in [-0.1, -0.05) is 0 Å². The van der Waals surface area contributed by atoms with Crippen LogP contribution in [0.2, 0.25) is 0 Å². The maximum atomic E-state index is 13.9. The quantitative estimate of drug-likeness (QED) is 0.393. The summed E-state index contributed by atoms with van der Waals surface area (Å²) in [4.78, 5) is 41.2. The van der Waals surface area contributed by atoms with Gasteiger partial charge in [-0.3, -0.25) is 9.78 Å². The van der Waals surface area contributed by atoms with Crippen molar-refractivity contribution in [2.24, 2.45) is 0 Å². The summed E-state index contributed by atoms with van der Waals surface area (Å²) in [6, 6.07) is 6.57. The topological polar surface area (TPSA) is 97.3 Å². The maximum absolute atomic E-state index is 13.9. The highest BCUT2D eigenvalue weighted by atomic mass is 19.2. The first-order valence-electron chi connectivity index (χ1n) is 14.4. The molecule has 2 saturated heterocycles. The molecule has 0 saturated carbocycles. The fourth-order valence-corrected chi connectivity index (χ4v) is 5.24. The molecule has 0 bridgehead atoms. The Morgan fingerprint density at radius 1 is 1.09 bits per heavy atom. The summed E-state index contributed by atoms with van der Waals surface area (Å²) in [6.07, 6.45) is 1.17. The van der Waals surface area contributed by atoms with Crippen LogP contribution in [0, 0.1) is 11.6 Å². The number of anilines is 1. The molecular weight excluding hydrogens is 560 g/mol. The fourth-order valence-electron chi connectivity index (χ4n) is 5.24. The predicted molar refractivity (Wildman–Crippen MR) is 156 cm³/mol. The Balaban J connectivity index is 1.44. The van der Waals surface area contributed by atoms with Crippen LogP contribution in [0.4, 0.5) is 19.4 Å². The zero-order chi connectivity index (χ0) is 30.9. The van der Waals surface area contributed by atoms with Crippen LogP contribution in [0.15, 0.2) is 36.5 Å². The third kappa shape index (κ3) is 6.96. The lowest BCUT2D eigenvalue weighted by Gasteiger charge is -2.28. The second kappa shape index (κ2) is 12.3. The Morgan fingerprint density at radius 3 is 2.53 bits per heavy atom. The second-order valence-corrected chi connectivity index (χ2v) is 11.9. The summed E-state index contributed by atoms with van der Waals surface area (Å²) >= 11 is 0. The number of morpholine rings is 1. The minimum atomic E-state index is -1.02. The summed E-state index contributed by atoms with van der Waals surface area (Å²) < 4.78 is 44.4. The average molecular weight is 598 g/mol. The molecule has 2 aliphatic heterocycles. The molecule has 2 aromatic carbocycles. The van der Waals surface area contributed by atoms with Gasteiger partial charge in [0.05, 0.1) is 36.5 Å². The number of likely N-dealkylation sites (N-methyl/N-ethyl adjacent to an activating group) is 1. The Hall–Kier alpha value is -4.06. The van der Waals surface area contributed by atoms with Crippen molar-refractivity contribution in [3.8, 4) is 5.75 Å². The number of hydrogen-bond acceptors (Lipinski definition) is 8. The molecule has 1 unspecified atom stereocenters. The molecule has 230 valence electrons. The van der Waals surface area contributed by atoms with E-state index in [1.54, 1.807) is 42.1 Å². The van der Waals surface area contributed by atoms with E-state index >= 15 is 0 Å². The number of likely N-dealkylation sites (tertiary alicyclic amines) is 1. The van der Waals surface area contributed by atoms with Crippen LogP contribution in [0.25, 0.3) is 11.0 Å². The summed E-state index contributed by atoms with van der Waals surface area (Å²) in [5.74, 6) is -1.40. The lowest BCUT2D eigenvalue weighted by atomic mass is 10.0. The number of aromatic nitrogens is 2. The molecule has 0 aliphatic carbocycles. The molecule has 3 aromatic rings. The highest BCUT2D eigenvalue weighted by molar-refractivity contribution is 5.98. The molecule has 3 heterocycles. The van der Waals surface area contributed by atoms with Crippen molar-refractivity contribution in [2.75, 3.05) is 51.3 Å². The van der Waals surface area contributed by atoms with E-state index in [1.807, 2.05) is 20.8 Å². The van der Waals surface area contributed by atoms with E-state index in [-0.39, 0.29) is 17.7 Å². The monoisotopic (exact) mass is 597 g/mol. The molecule has 43 heavy (non-hydrogen) atoms. The van der Waals surface area contributed by atoms with Gasteiger partial charge in [-0.15, -0.1) is 0 Å². The van der Waals surface area contributed by atoms with E-state index in [9.17, 15) is 18.4 Å². The van der Waals surface area contributed by atoms with Crippen molar-refractivity contribution in [2.45, 2.75) is 51.9 Å². The molecule has 2 amide bonds. The van der Waals surface area contributed by atoms with E-state index in [0.717, 1.165) is 12.1 Å². The van der Waals surface area contributed by atoms with Gasteiger partial charge in [-0.25, -0.2) is 18.6 Å². The van der Waals surface area contributed by atoms with Crippen LogP contribution < -0.4 is 9.64 Å². The number of amides is 2. The summed E-state index contributed by atoms with van der Waals surface area (Å²) in [6.45, 7) is 10.5. The minimum Gasteiger partial charge on any atom is -0.486 e. The highest BCUT2D eigenvalue weighted by Gasteiger charge is 2.34. The number of carbonyl (C=O) groups excluding carboxylic acids is 2. The SMILES string of the molecule is CC(Oc1ccc(F)c(F)c1)c1cc(C(=O)N2CC[C@H](N(C)C(=O)OC(C)(C)C)C2)cc2ncc(N3CCOCC3)nc12. The first-order valence-corrected chi connectivity index (χ1v) is 14.4. The summed E-state index contributed by atoms with van der Waals surface area (Å²) in [5, 5.41) is 0. The molecule has 2 atom stereocenters. The van der Waals surface area contributed by atoms with Crippen molar-refractivity contribution in [1.29, 1.82) is 0 Å². The number of rotatable bonds is 6. The fraction of sp³-hybridized carbons (Fsp3) is 0.484. The Bertz CT molecular complexity index is 1510. The van der Waals surface area contributed by atoms with Crippen LogP contribution in [0.3, 0.4) is 0 Å². The average Bonchev–Trinajstić information content (AvgIpc) is 3.47. The first-order chi connectivity index (χ1) is 20.4. The number of nitrogens with zero attached hydrogens (tertiary/aromatic N) is 5. The van der Waals surface area contributed by atoms with Crippen molar-refractivity contribution < 1.29 is 32.6 Å². The van der Waals surface area contributed by atoms with Crippen molar-refractivity contribution in [3.63, 3.8) is 0 Å². The van der Waals surface area contributed by atoms with E-state index in [4.69, 9.17) is 19.2 Å².